The van der Waals surface area contributed by atoms with Gasteiger partial charge in [0.15, 0.2) is 17.3 Å². The van der Waals surface area contributed by atoms with E-state index in [1.807, 2.05) is 0 Å². The van der Waals surface area contributed by atoms with Gasteiger partial charge in [-0.1, -0.05) is 0 Å². The fourth-order valence-electron chi connectivity index (χ4n) is 3.49. The van der Waals surface area contributed by atoms with Crippen LogP contribution in [0.25, 0.3) is 22.3 Å². The van der Waals surface area contributed by atoms with Gasteiger partial charge in [0.2, 0.25) is 17.5 Å². The third-order valence-corrected chi connectivity index (χ3v) is 5.26. The second-order valence-corrected chi connectivity index (χ2v) is 7.44. The van der Waals surface area contributed by atoms with Crippen molar-refractivity contribution in [1.29, 1.82) is 0 Å². The molecule has 2 heterocycles. The zero-order valence-electron chi connectivity index (χ0n) is 16.7. The number of aliphatic hydroxyl groups is 4. The average Bonchev–Trinajstić information content (AvgIpc) is 2.78. The molecular formula is C21H20O12. The van der Waals surface area contributed by atoms with E-state index in [0.29, 0.717) is 0 Å². The third-order valence-electron chi connectivity index (χ3n) is 5.26. The Balaban J connectivity index is 1.76. The molecule has 0 aliphatic carbocycles. The van der Waals surface area contributed by atoms with Gasteiger partial charge in [-0.25, -0.2) is 0 Å². The highest BCUT2D eigenvalue weighted by molar-refractivity contribution is 5.88. The van der Waals surface area contributed by atoms with E-state index in [0.717, 1.165) is 24.3 Å². The highest BCUT2D eigenvalue weighted by Crippen LogP contribution is 2.38. The number of aromatic hydroxyl groups is 4. The van der Waals surface area contributed by atoms with Crippen LogP contribution in [0.5, 0.6) is 28.7 Å². The molecule has 176 valence electrons. The molecule has 0 unspecified atom stereocenters. The van der Waals surface area contributed by atoms with Gasteiger partial charge in [0.25, 0.3) is 0 Å². The summed E-state index contributed by atoms with van der Waals surface area (Å²) in [5.74, 6) is -3.02. The molecule has 0 radical (unpaired) electrons. The van der Waals surface area contributed by atoms with Crippen LogP contribution >= 0.6 is 0 Å². The Morgan fingerprint density at radius 2 is 1.61 bits per heavy atom. The molecule has 1 aliphatic rings. The van der Waals surface area contributed by atoms with Crippen molar-refractivity contribution in [2.75, 3.05) is 6.61 Å². The summed E-state index contributed by atoms with van der Waals surface area (Å²) in [6.07, 6.45) is -7.80. The quantitative estimate of drug-likeness (QED) is 0.229. The Labute approximate surface area is 184 Å². The predicted octanol–water partition coefficient (Wildman–Crippen LogP) is -0.539. The molecule has 8 N–H and O–H groups in total. The predicted molar refractivity (Wildman–Crippen MR) is 109 cm³/mol. The first-order chi connectivity index (χ1) is 15.6. The highest BCUT2D eigenvalue weighted by Gasteiger charge is 2.44. The van der Waals surface area contributed by atoms with Crippen molar-refractivity contribution in [3.8, 4) is 40.1 Å². The van der Waals surface area contributed by atoms with E-state index in [2.05, 4.69) is 0 Å². The average molecular weight is 464 g/mol. The molecule has 1 aliphatic heterocycles. The van der Waals surface area contributed by atoms with Crippen LogP contribution in [0, 0.1) is 0 Å². The lowest BCUT2D eigenvalue weighted by molar-refractivity contribution is -0.277. The van der Waals surface area contributed by atoms with Crippen molar-refractivity contribution in [3.05, 3.63) is 40.6 Å². The topological polar surface area (TPSA) is 211 Å². The summed E-state index contributed by atoms with van der Waals surface area (Å²) in [5, 5.41) is 78.6. The van der Waals surface area contributed by atoms with Crippen LogP contribution in [0.4, 0.5) is 0 Å². The minimum absolute atomic E-state index is 0.0431. The number of hydrogen-bond acceptors (Lipinski definition) is 12. The second kappa shape index (κ2) is 8.42. The summed E-state index contributed by atoms with van der Waals surface area (Å²) in [5.41, 5.74) is -1.20. The van der Waals surface area contributed by atoms with Crippen LogP contribution in [-0.4, -0.2) is 78.2 Å². The van der Waals surface area contributed by atoms with Gasteiger partial charge in [0.05, 0.1) is 6.61 Å². The first-order valence-electron chi connectivity index (χ1n) is 9.64. The largest absolute Gasteiger partial charge is 0.507 e. The normalized spacial score (nSPS) is 25.3. The number of rotatable bonds is 4. The standard InChI is InChI=1S/C21H20O12/c22-6-13-15(26)17(28)19(30)21(33-13)31-8-4-11(25)14-12(5-8)32-20(18(29)16(14)27)7-1-2-9(23)10(24)3-7/h1-5,13,15,17,19,21-26,28-30H,6H2/t13-,15+,17+,19-,21-/m1/s1. The Morgan fingerprint density at radius 3 is 2.27 bits per heavy atom. The Hall–Kier alpha value is -3.55. The van der Waals surface area contributed by atoms with Crippen LogP contribution in [0.3, 0.4) is 0 Å². The van der Waals surface area contributed by atoms with Crippen LogP contribution in [0.1, 0.15) is 0 Å². The fourth-order valence-corrected chi connectivity index (χ4v) is 3.49. The van der Waals surface area contributed by atoms with Gasteiger partial charge >= 0.3 is 0 Å². The monoisotopic (exact) mass is 464 g/mol. The van der Waals surface area contributed by atoms with Crippen molar-refractivity contribution in [1.82, 2.24) is 0 Å². The van der Waals surface area contributed by atoms with Crippen LogP contribution < -0.4 is 10.2 Å². The number of hydrogen-bond donors (Lipinski definition) is 8. The zero-order valence-corrected chi connectivity index (χ0v) is 16.7. The second-order valence-electron chi connectivity index (χ2n) is 7.44. The third kappa shape index (κ3) is 3.90. The SMILES string of the molecule is O=c1c(O)c(-c2ccc(O)c(O)c2)oc2cc(O[C@@H]3O[C@H](CO)[C@H](O)[C@H](O)[C@H]3O)cc(O)c12. The molecule has 4 rings (SSSR count). The van der Waals surface area contributed by atoms with Gasteiger partial charge in [0, 0.05) is 17.7 Å². The lowest BCUT2D eigenvalue weighted by atomic mass is 9.99. The van der Waals surface area contributed by atoms with Gasteiger partial charge in [-0.15, -0.1) is 0 Å². The Morgan fingerprint density at radius 1 is 0.879 bits per heavy atom. The smallest absolute Gasteiger partial charge is 0.238 e. The number of benzene rings is 2. The summed E-state index contributed by atoms with van der Waals surface area (Å²) in [7, 11) is 0. The van der Waals surface area contributed by atoms with E-state index in [1.54, 1.807) is 0 Å². The molecule has 2 aromatic carbocycles. The van der Waals surface area contributed by atoms with Crippen LogP contribution in [0.15, 0.2) is 39.5 Å². The molecular weight excluding hydrogens is 444 g/mol. The minimum Gasteiger partial charge on any atom is -0.507 e. The van der Waals surface area contributed by atoms with Crippen LogP contribution in [0.2, 0.25) is 0 Å². The lowest BCUT2D eigenvalue weighted by Crippen LogP contribution is -2.60. The van der Waals surface area contributed by atoms with E-state index in [-0.39, 0.29) is 28.0 Å². The fraction of sp³-hybridized carbons (Fsp3) is 0.286. The minimum atomic E-state index is -1.72. The molecule has 33 heavy (non-hydrogen) atoms. The van der Waals surface area contributed by atoms with E-state index in [4.69, 9.17) is 13.9 Å². The highest BCUT2D eigenvalue weighted by atomic mass is 16.7. The zero-order chi connectivity index (χ0) is 24.0. The first-order valence-corrected chi connectivity index (χ1v) is 9.64. The summed E-state index contributed by atoms with van der Waals surface area (Å²) < 4.78 is 16.3. The molecule has 1 saturated heterocycles. The summed E-state index contributed by atoms with van der Waals surface area (Å²) in [4.78, 5) is 12.6. The molecule has 0 spiro atoms. The van der Waals surface area contributed by atoms with Crippen LogP contribution in [-0.2, 0) is 4.74 Å². The van der Waals surface area contributed by atoms with Crippen molar-refractivity contribution in [3.63, 3.8) is 0 Å². The number of aliphatic hydroxyl groups excluding tert-OH is 4. The molecule has 3 aromatic rings. The lowest BCUT2D eigenvalue weighted by Gasteiger charge is -2.39. The Bertz CT molecular complexity index is 1250. The maximum Gasteiger partial charge on any atom is 0.238 e. The maximum atomic E-state index is 12.6. The van der Waals surface area contributed by atoms with Gasteiger partial charge in [-0.05, 0) is 18.2 Å². The van der Waals surface area contributed by atoms with E-state index in [9.17, 15) is 45.6 Å². The molecule has 0 saturated carbocycles. The molecule has 1 fully saturated rings. The molecule has 12 nitrogen and oxygen atoms in total. The van der Waals surface area contributed by atoms with Gasteiger partial charge in [-0.3, -0.25) is 4.79 Å². The van der Waals surface area contributed by atoms with Crippen molar-refractivity contribution in [2.45, 2.75) is 30.7 Å². The number of fused-ring (bicyclic) bond motifs is 1. The Kier molecular flexibility index (Phi) is 5.78. The van der Waals surface area contributed by atoms with Gasteiger partial charge < -0.3 is 54.7 Å². The molecule has 5 atom stereocenters. The maximum absolute atomic E-state index is 12.6. The van der Waals surface area contributed by atoms with Crippen molar-refractivity contribution in [2.24, 2.45) is 0 Å². The number of ether oxygens (including phenoxy) is 2. The van der Waals surface area contributed by atoms with Crippen molar-refractivity contribution < 1.29 is 54.7 Å². The number of phenols is 3. The summed E-state index contributed by atoms with van der Waals surface area (Å²) in [6, 6.07) is 5.55. The van der Waals surface area contributed by atoms with Gasteiger partial charge in [-0.2, -0.15) is 0 Å². The van der Waals surface area contributed by atoms with E-state index >= 15 is 0 Å². The summed E-state index contributed by atoms with van der Waals surface area (Å²) >= 11 is 0. The van der Waals surface area contributed by atoms with E-state index in [1.165, 1.54) is 6.07 Å². The van der Waals surface area contributed by atoms with E-state index < -0.39 is 65.7 Å². The molecule has 1 aromatic heterocycles. The van der Waals surface area contributed by atoms with Gasteiger partial charge in [0.1, 0.15) is 46.9 Å². The first kappa shape index (κ1) is 22.6. The molecule has 12 heteroatoms. The van der Waals surface area contributed by atoms with Crippen molar-refractivity contribution >= 4 is 11.0 Å². The molecule has 0 amide bonds. The summed E-state index contributed by atoms with van der Waals surface area (Å²) in [6.45, 7) is -0.676. The molecule has 0 bridgehead atoms. The number of phenolic OH excluding ortho intramolecular Hbond substituents is 3.